The molecule has 17 heavy (non-hydrogen) atoms. The monoisotopic (exact) mass is 316 g/mol. The lowest BCUT2D eigenvalue weighted by atomic mass is 9.68. The molecule has 0 amide bonds. The van der Waals surface area contributed by atoms with Gasteiger partial charge in [0.1, 0.15) is 0 Å². The molecule has 1 N–H and O–H groups in total. The lowest BCUT2D eigenvalue weighted by molar-refractivity contribution is -0.152. The van der Waals surface area contributed by atoms with E-state index >= 15 is 0 Å². The summed E-state index contributed by atoms with van der Waals surface area (Å²) in [7, 11) is 0. The van der Waals surface area contributed by atoms with Gasteiger partial charge in [-0.25, -0.2) is 0 Å². The van der Waals surface area contributed by atoms with E-state index in [9.17, 15) is 9.90 Å². The van der Waals surface area contributed by atoms with Crippen LogP contribution in [0.25, 0.3) is 0 Å². The number of aliphatic carboxylic acids is 1. The van der Waals surface area contributed by atoms with Crippen molar-refractivity contribution in [2.24, 2.45) is 11.3 Å². The van der Waals surface area contributed by atoms with Crippen molar-refractivity contribution in [1.82, 2.24) is 0 Å². The Morgan fingerprint density at radius 3 is 3.00 bits per heavy atom. The van der Waals surface area contributed by atoms with Gasteiger partial charge in [0.25, 0.3) is 0 Å². The van der Waals surface area contributed by atoms with Crippen LogP contribution in [0.1, 0.15) is 37.5 Å². The third kappa shape index (κ3) is 2.91. The number of halogens is 1. The first-order valence-electron chi connectivity index (χ1n) is 5.98. The third-order valence-corrected chi connectivity index (χ3v) is 5.38. The molecule has 0 saturated heterocycles. The van der Waals surface area contributed by atoms with E-state index in [0.29, 0.717) is 12.3 Å². The first-order valence-corrected chi connectivity index (χ1v) is 7.65. The normalized spacial score (nSPS) is 29.2. The van der Waals surface area contributed by atoms with Crippen LogP contribution in [-0.4, -0.2) is 11.1 Å². The number of hydrogen-bond donors (Lipinski definition) is 1. The van der Waals surface area contributed by atoms with E-state index in [1.54, 1.807) is 11.3 Å². The molecule has 2 atom stereocenters. The molecular weight excluding hydrogens is 300 g/mol. The Kier molecular flexibility index (Phi) is 3.93. The van der Waals surface area contributed by atoms with Crippen LogP contribution in [0.4, 0.5) is 0 Å². The van der Waals surface area contributed by atoms with Crippen LogP contribution in [0.15, 0.2) is 15.9 Å². The Balaban J connectivity index is 2.19. The Morgan fingerprint density at radius 1 is 1.71 bits per heavy atom. The molecule has 4 heteroatoms. The van der Waals surface area contributed by atoms with Gasteiger partial charge in [0.05, 0.1) is 5.41 Å². The van der Waals surface area contributed by atoms with Crippen LogP contribution in [0.5, 0.6) is 0 Å². The van der Waals surface area contributed by atoms with E-state index < -0.39 is 11.4 Å². The van der Waals surface area contributed by atoms with Gasteiger partial charge in [0, 0.05) is 14.7 Å². The van der Waals surface area contributed by atoms with Gasteiger partial charge in [-0.15, -0.1) is 11.3 Å². The van der Waals surface area contributed by atoms with E-state index in [1.807, 2.05) is 5.38 Å². The second-order valence-corrected chi connectivity index (χ2v) is 7.11. The molecule has 1 heterocycles. The van der Waals surface area contributed by atoms with E-state index in [4.69, 9.17) is 0 Å². The second-order valence-electron chi connectivity index (χ2n) is 5.20. The van der Waals surface area contributed by atoms with Crippen molar-refractivity contribution in [2.45, 2.75) is 39.0 Å². The molecule has 0 spiro atoms. The number of hydrogen-bond acceptors (Lipinski definition) is 2. The van der Waals surface area contributed by atoms with Crippen molar-refractivity contribution in [3.63, 3.8) is 0 Å². The molecule has 2 rings (SSSR count). The second kappa shape index (κ2) is 5.11. The van der Waals surface area contributed by atoms with Crippen LogP contribution < -0.4 is 0 Å². The number of carbonyl (C=O) groups is 1. The molecule has 2 unspecified atom stereocenters. The highest BCUT2D eigenvalue weighted by molar-refractivity contribution is 9.10. The molecular formula is C13H17BrO2S. The highest BCUT2D eigenvalue weighted by atomic mass is 79.9. The molecule has 1 fully saturated rings. The summed E-state index contributed by atoms with van der Waals surface area (Å²) in [4.78, 5) is 12.8. The van der Waals surface area contributed by atoms with E-state index in [0.717, 1.165) is 23.7 Å². The lowest BCUT2D eigenvalue weighted by Crippen LogP contribution is -2.37. The zero-order valence-electron chi connectivity index (χ0n) is 9.91. The Hall–Kier alpha value is -0.350. The first kappa shape index (κ1) is 13.1. The van der Waals surface area contributed by atoms with Gasteiger partial charge in [-0.05, 0) is 47.2 Å². The maximum Gasteiger partial charge on any atom is 0.310 e. The van der Waals surface area contributed by atoms with Gasteiger partial charge < -0.3 is 5.11 Å². The van der Waals surface area contributed by atoms with Crippen molar-refractivity contribution in [2.75, 3.05) is 0 Å². The predicted molar refractivity (Wildman–Crippen MR) is 73.4 cm³/mol. The number of carboxylic acid groups (broad SMARTS) is 1. The predicted octanol–water partition coefficient (Wildman–Crippen LogP) is 4.33. The van der Waals surface area contributed by atoms with Crippen LogP contribution in [0, 0.1) is 11.3 Å². The van der Waals surface area contributed by atoms with Crippen LogP contribution in [0.2, 0.25) is 0 Å². The highest BCUT2D eigenvalue weighted by Gasteiger charge is 2.42. The molecule has 0 aromatic carbocycles. The van der Waals surface area contributed by atoms with Crippen molar-refractivity contribution in [3.05, 3.63) is 20.8 Å². The maximum atomic E-state index is 11.6. The number of rotatable bonds is 3. The van der Waals surface area contributed by atoms with Gasteiger partial charge in [0.2, 0.25) is 0 Å². The van der Waals surface area contributed by atoms with Gasteiger partial charge in [-0.2, -0.15) is 0 Å². The minimum absolute atomic E-state index is 0.526. The Morgan fingerprint density at radius 2 is 2.47 bits per heavy atom. The number of thiophene rings is 1. The molecule has 2 nitrogen and oxygen atoms in total. The fourth-order valence-electron chi connectivity index (χ4n) is 2.87. The lowest BCUT2D eigenvalue weighted by Gasteiger charge is -2.36. The molecule has 0 radical (unpaired) electrons. The summed E-state index contributed by atoms with van der Waals surface area (Å²) in [6, 6.07) is 2.05. The molecule has 1 saturated carbocycles. The summed E-state index contributed by atoms with van der Waals surface area (Å²) >= 11 is 5.08. The quantitative estimate of drug-likeness (QED) is 0.901. The summed E-state index contributed by atoms with van der Waals surface area (Å²) in [5, 5.41) is 11.6. The summed E-state index contributed by atoms with van der Waals surface area (Å²) < 4.78 is 1.06. The summed E-state index contributed by atoms with van der Waals surface area (Å²) in [5.41, 5.74) is -0.526. The molecule has 0 aliphatic heterocycles. The summed E-state index contributed by atoms with van der Waals surface area (Å²) in [5.74, 6) is -0.0863. The Bertz CT molecular complexity index is 415. The fraction of sp³-hybridized carbons (Fsp3) is 0.615. The van der Waals surface area contributed by atoms with Crippen molar-refractivity contribution >= 4 is 33.2 Å². The fourth-order valence-corrected chi connectivity index (χ4v) is 4.47. The van der Waals surface area contributed by atoms with Crippen molar-refractivity contribution < 1.29 is 9.90 Å². The van der Waals surface area contributed by atoms with Gasteiger partial charge in [-0.1, -0.05) is 19.8 Å². The SMILES string of the molecule is CC1CCCC(Cc2cc(Br)cs2)(C(=O)O)C1. The van der Waals surface area contributed by atoms with Crippen LogP contribution in [-0.2, 0) is 11.2 Å². The molecule has 94 valence electrons. The Labute approximate surface area is 114 Å². The molecule has 1 aliphatic rings. The molecule has 1 aromatic rings. The van der Waals surface area contributed by atoms with E-state index in [-0.39, 0.29) is 0 Å². The number of carboxylic acids is 1. The first-order chi connectivity index (χ1) is 8.02. The highest BCUT2D eigenvalue weighted by Crippen LogP contribution is 2.43. The standard InChI is InChI=1S/C13H17BrO2S/c1-9-3-2-4-13(6-9,12(15)16)7-11-5-10(14)8-17-11/h5,8-9H,2-4,6-7H2,1H3,(H,15,16). The summed E-state index contributed by atoms with van der Waals surface area (Å²) in [6.07, 6.45) is 4.53. The molecule has 1 aliphatic carbocycles. The van der Waals surface area contributed by atoms with Gasteiger partial charge >= 0.3 is 5.97 Å². The summed E-state index contributed by atoms with van der Waals surface area (Å²) in [6.45, 7) is 2.17. The van der Waals surface area contributed by atoms with Crippen LogP contribution >= 0.6 is 27.3 Å². The average Bonchev–Trinajstić information content (AvgIpc) is 2.63. The minimum Gasteiger partial charge on any atom is -0.481 e. The minimum atomic E-state index is -0.617. The smallest absolute Gasteiger partial charge is 0.310 e. The van der Waals surface area contributed by atoms with E-state index in [1.165, 1.54) is 11.3 Å². The van der Waals surface area contributed by atoms with E-state index in [2.05, 4.69) is 28.9 Å². The third-order valence-electron chi connectivity index (χ3n) is 3.68. The van der Waals surface area contributed by atoms with Gasteiger partial charge in [-0.3, -0.25) is 4.79 Å². The largest absolute Gasteiger partial charge is 0.481 e. The zero-order valence-corrected chi connectivity index (χ0v) is 12.3. The van der Waals surface area contributed by atoms with Crippen molar-refractivity contribution in [1.29, 1.82) is 0 Å². The van der Waals surface area contributed by atoms with Crippen LogP contribution in [0.3, 0.4) is 0 Å². The zero-order chi connectivity index (χ0) is 12.5. The average molecular weight is 317 g/mol. The van der Waals surface area contributed by atoms with Gasteiger partial charge in [0.15, 0.2) is 0 Å². The van der Waals surface area contributed by atoms with Crippen molar-refractivity contribution in [3.8, 4) is 0 Å². The maximum absolute atomic E-state index is 11.6. The molecule has 0 bridgehead atoms. The topological polar surface area (TPSA) is 37.3 Å². The molecule has 1 aromatic heterocycles.